The van der Waals surface area contributed by atoms with Crippen LogP contribution in [0.5, 0.6) is 0 Å². The van der Waals surface area contributed by atoms with Gasteiger partial charge in [-0.25, -0.2) is 4.39 Å². The van der Waals surface area contributed by atoms with Crippen molar-refractivity contribution in [3.8, 4) is 0 Å². The zero-order valence-electron chi connectivity index (χ0n) is 9.66. The quantitative estimate of drug-likeness (QED) is 0.861. The van der Waals surface area contributed by atoms with Gasteiger partial charge in [0, 0.05) is 18.5 Å². The average Bonchev–Trinajstić information content (AvgIpc) is 2.37. The van der Waals surface area contributed by atoms with Gasteiger partial charge in [0.15, 0.2) is 0 Å². The molecule has 0 bridgehead atoms. The summed E-state index contributed by atoms with van der Waals surface area (Å²) in [6, 6.07) is 6.11. The Morgan fingerprint density at radius 1 is 1.47 bits per heavy atom. The van der Waals surface area contributed by atoms with Crippen LogP contribution in [-0.4, -0.2) is 10.9 Å². The van der Waals surface area contributed by atoms with Crippen molar-refractivity contribution in [2.45, 2.75) is 6.42 Å². The molecule has 0 saturated carbocycles. The third-order valence-electron chi connectivity index (χ3n) is 2.37. The predicted molar refractivity (Wildman–Crippen MR) is 75.7 cm³/mol. The third kappa shape index (κ3) is 3.75. The maximum atomic E-state index is 13.4. The van der Waals surface area contributed by atoms with Crippen LogP contribution in [0.25, 0.3) is 0 Å². The number of nitrogens with one attached hydrogen (secondary N) is 1. The first-order chi connectivity index (χ1) is 9.06. The van der Waals surface area contributed by atoms with Crippen molar-refractivity contribution in [2.75, 3.05) is 5.32 Å². The maximum absolute atomic E-state index is 13.4. The number of aromatic nitrogens is 1. The normalized spacial score (nSPS) is 10.3. The predicted octanol–water partition coefficient (Wildman–Crippen LogP) is 3.82. The Labute approximate surface area is 122 Å². The lowest BCUT2D eigenvalue weighted by Crippen LogP contribution is -2.15. The fourth-order valence-electron chi connectivity index (χ4n) is 1.50. The number of halogens is 3. The summed E-state index contributed by atoms with van der Waals surface area (Å²) in [4.78, 5) is 15.7. The number of pyridine rings is 1. The number of hydrogen-bond acceptors (Lipinski definition) is 2. The molecule has 1 aromatic heterocycles. The summed E-state index contributed by atoms with van der Waals surface area (Å²) in [5, 5.41) is 2.84. The van der Waals surface area contributed by atoms with E-state index in [4.69, 9.17) is 11.6 Å². The third-order valence-corrected chi connectivity index (χ3v) is 3.29. The van der Waals surface area contributed by atoms with Gasteiger partial charge >= 0.3 is 0 Å². The number of anilines is 1. The summed E-state index contributed by atoms with van der Waals surface area (Å²) in [5.74, 6) is -0.766. The molecule has 6 heteroatoms. The van der Waals surface area contributed by atoms with E-state index >= 15 is 0 Å². The number of benzene rings is 1. The molecule has 0 fully saturated rings. The van der Waals surface area contributed by atoms with Crippen LogP contribution >= 0.6 is 27.5 Å². The van der Waals surface area contributed by atoms with Crippen molar-refractivity contribution in [2.24, 2.45) is 0 Å². The topological polar surface area (TPSA) is 42.0 Å². The number of carbonyl (C=O) groups excluding carboxylic acids is 1. The first kappa shape index (κ1) is 14.0. The molecule has 0 spiro atoms. The molecule has 1 N–H and O–H groups in total. The van der Waals surface area contributed by atoms with Crippen molar-refractivity contribution in [3.05, 3.63) is 57.5 Å². The summed E-state index contributed by atoms with van der Waals surface area (Å²) < 4.78 is 13.6. The summed E-state index contributed by atoms with van der Waals surface area (Å²) in [5.41, 5.74) is 1.02. The molecule has 2 aromatic rings. The van der Waals surface area contributed by atoms with E-state index in [2.05, 4.69) is 26.2 Å². The van der Waals surface area contributed by atoms with Crippen molar-refractivity contribution in [3.63, 3.8) is 0 Å². The molecule has 0 atom stereocenters. The molecular weight excluding hydrogens is 335 g/mol. The zero-order valence-corrected chi connectivity index (χ0v) is 12.0. The summed E-state index contributed by atoms with van der Waals surface area (Å²) >= 11 is 8.94. The molecule has 98 valence electrons. The molecular formula is C13H9BrClFN2O. The van der Waals surface area contributed by atoms with E-state index in [1.165, 1.54) is 12.1 Å². The summed E-state index contributed by atoms with van der Waals surface area (Å²) in [7, 11) is 0. The molecule has 0 saturated heterocycles. The van der Waals surface area contributed by atoms with Crippen LogP contribution in [0, 0.1) is 5.82 Å². The van der Waals surface area contributed by atoms with Crippen molar-refractivity contribution in [1.82, 2.24) is 4.98 Å². The molecule has 19 heavy (non-hydrogen) atoms. The second-order valence-electron chi connectivity index (χ2n) is 3.83. The van der Waals surface area contributed by atoms with Gasteiger partial charge in [-0.2, -0.15) is 0 Å². The van der Waals surface area contributed by atoms with Crippen LogP contribution in [0.2, 0.25) is 5.02 Å². The van der Waals surface area contributed by atoms with E-state index in [0.29, 0.717) is 0 Å². The van der Waals surface area contributed by atoms with Crippen LogP contribution in [0.1, 0.15) is 5.56 Å². The van der Waals surface area contributed by atoms with Crippen molar-refractivity contribution >= 4 is 39.1 Å². The molecule has 2 rings (SSSR count). The van der Waals surface area contributed by atoms with Gasteiger partial charge in [-0.15, -0.1) is 0 Å². The Kier molecular flexibility index (Phi) is 4.50. The largest absolute Gasteiger partial charge is 0.324 e. The number of hydrogen-bond donors (Lipinski definition) is 1. The highest BCUT2D eigenvalue weighted by Gasteiger charge is 2.10. The minimum absolute atomic E-state index is 0.155. The first-order valence-electron chi connectivity index (χ1n) is 5.39. The lowest BCUT2D eigenvalue weighted by molar-refractivity contribution is -0.115. The first-order valence-corrected chi connectivity index (χ1v) is 6.56. The summed E-state index contributed by atoms with van der Waals surface area (Å²) in [6.45, 7) is 0. The van der Waals surface area contributed by atoms with E-state index in [1.54, 1.807) is 24.5 Å². The van der Waals surface area contributed by atoms with E-state index < -0.39 is 5.82 Å². The van der Waals surface area contributed by atoms with Gasteiger partial charge in [-0.3, -0.25) is 9.78 Å². The van der Waals surface area contributed by atoms with Gasteiger partial charge in [-0.05, 0) is 33.6 Å². The molecule has 0 aliphatic heterocycles. The fourth-order valence-corrected chi connectivity index (χ4v) is 2.19. The highest BCUT2D eigenvalue weighted by atomic mass is 79.9. The van der Waals surface area contributed by atoms with Gasteiger partial charge < -0.3 is 5.32 Å². The Balaban J connectivity index is 2.09. The molecule has 0 aliphatic rings. The van der Waals surface area contributed by atoms with Gasteiger partial charge in [0.1, 0.15) is 5.82 Å². The smallest absolute Gasteiger partial charge is 0.228 e. The van der Waals surface area contributed by atoms with Crippen LogP contribution in [0.3, 0.4) is 0 Å². The van der Waals surface area contributed by atoms with Crippen LogP contribution in [0.15, 0.2) is 41.1 Å². The average molecular weight is 344 g/mol. The van der Waals surface area contributed by atoms with Crippen molar-refractivity contribution in [1.29, 1.82) is 0 Å². The molecule has 1 heterocycles. The van der Waals surface area contributed by atoms with Crippen molar-refractivity contribution < 1.29 is 9.18 Å². The molecule has 1 amide bonds. The Bertz CT molecular complexity index is 607. The molecule has 0 unspecified atom stereocenters. The Morgan fingerprint density at radius 3 is 2.95 bits per heavy atom. The molecule has 0 aliphatic carbocycles. The Morgan fingerprint density at radius 2 is 2.26 bits per heavy atom. The van der Waals surface area contributed by atoms with Crippen LogP contribution < -0.4 is 5.32 Å². The maximum Gasteiger partial charge on any atom is 0.228 e. The van der Waals surface area contributed by atoms with E-state index in [9.17, 15) is 9.18 Å². The summed E-state index contributed by atoms with van der Waals surface area (Å²) in [6.07, 6.45) is 3.38. The minimum Gasteiger partial charge on any atom is -0.324 e. The zero-order chi connectivity index (χ0) is 13.8. The standard InChI is InChI=1S/C13H9BrClFN2O/c14-9-5-10(15)12(6-11(9)16)18-13(19)4-8-2-1-3-17-7-8/h1-3,5-7H,4H2,(H,18,19). The molecule has 0 radical (unpaired) electrons. The number of rotatable bonds is 3. The SMILES string of the molecule is O=C(Cc1cccnc1)Nc1cc(F)c(Br)cc1Cl. The molecule has 1 aromatic carbocycles. The highest BCUT2D eigenvalue weighted by molar-refractivity contribution is 9.10. The fraction of sp³-hybridized carbons (Fsp3) is 0.0769. The second-order valence-corrected chi connectivity index (χ2v) is 5.09. The van der Waals surface area contributed by atoms with Gasteiger partial charge in [0.25, 0.3) is 0 Å². The van der Waals surface area contributed by atoms with E-state index in [-0.39, 0.29) is 27.5 Å². The van der Waals surface area contributed by atoms with Gasteiger partial charge in [0.2, 0.25) is 5.91 Å². The molecule has 3 nitrogen and oxygen atoms in total. The van der Waals surface area contributed by atoms with Crippen LogP contribution in [-0.2, 0) is 11.2 Å². The number of nitrogens with zero attached hydrogens (tertiary/aromatic N) is 1. The lowest BCUT2D eigenvalue weighted by atomic mass is 10.2. The minimum atomic E-state index is -0.485. The van der Waals surface area contributed by atoms with E-state index in [1.807, 2.05) is 0 Å². The van der Waals surface area contributed by atoms with Crippen LogP contribution in [0.4, 0.5) is 10.1 Å². The number of amides is 1. The van der Waals surface area contributed by atoms with Gasteiger partial charge in [-0.1, -0.05) is 17.7 Å². The number of carbonyl (C=O) groups is 1. The van der Waals surface area contributed by atoms with Gasteiger partial charge in [0.05, 0.1) is 21.6 Å². The second kappa shape index (κ2) is 6.12. The Hall–Kier alpha value is -1.46. The lowest BCUT2D eigenvalue weighted by Gasteiger charge is -2.08. The van der Waals surface area contributed by atoms with E-state index in [0.717, 1.165) is 5.56 Å². The monoisotopic (exact) mass is 342 g/mol. The highest BCUT2D eigenvalue weighted by Crippen LogP contribution is 2.28.